The molecule has 0 radical (unpaired) electrons. The number of nitro benzene ring substituents is 1. The first-order chi connectivity index (χ1) is 10.5. The van der Waals surface area contributed by atoms with Crippen LogP contribution in [0.4, 0.5) is 10.5 Å². The summed E-state index contributed by atoms with van der Waals surface area (Å²) in [5.41, 5.74) is -0.0135. The summed E-state index contributed by atoms with van der Waals surface area (Å²) in [6.45, 7) is 0.852. The van der Waals surface area contributed by atoms with Crippen molar-refractivity contribution in [1.29, 1.82) is 0 Å². The van der Waals surface area contributed by atoms with E-state index in [1.54, 1.807) is 0 Å². The number of ether oxygens (including phenoxy) is 1. The van der Waals surface area contributed by atoms with Gasteiger partial charge < -0.3 is 20.1 Å². The van der Waals surface area contributed by atoms with Gasteiger partial charge in [-0.2, -0.15) is 0 Å². The van der Waals surface area contributed by atoms with Gasteiger partial charge >= 0.3 is 12.0 Å². The number of non-ortho nitro benzene ring substituents is 1. The minimum atomic E-state index is -0.969. The standard InChI is InChI=1S/C13H15N3O6/c17-12(18)5-6-14-13(19)15-7-11(8-15)22-10-3-1-9(2-4-10)16(20)21/h1-4,11H,5-8H2,(H,14,19)(H,17,18). The first-order valence-electron chi connectivity index (χ1n) is 6.61. The van der Waals surface area contributed by atoms with Crippen LogP contribution in [-0.4, -0.2) is 52.7 Å². The Labute approximate surface area is 125 Å². The van der Waals surface area contributed by atoms with Crippen LogP contribution in [0.15, 0.2) is 24.3 Å². The van der Waals surface area contributed by atoms with Gasteiger partial charge in [-0.1, -0.05) is 0 Å². The Hall–Kier alpha value is -2.84. The smallest absolute Gasteiger partial charge is 0.317 e. The molecule has 0 saturated carbocycles. The van der Waals surface area contributed by atoms with Gasteiger partial charge in [-0.15, -0.1) is 0 Å². The number of nitro groups is 1. The number of nitrogens with one attached hydrogen (secondary N) is 1. The SMILES string of the molecule is O=C(O)CCNC(=O)N1CC(Oc2ccc([N+](=O)[O-])cc2)C1. The fraction of sp³-hybridized carbons (Fsp3) is 0.385. The quantitative estimate of drug-likeness (QED) is 0.593. The molecule has 0 unspecified atom stereocenters. The number of hydrogen-bond donors (Lipinski definition) is 2. The third-order valence-electron chi connectivity index (χ3n) is 3.10. The van der Waals surface area contributed by atoms with Crippen LogP contribution in [0.2, 0.25) is 0 Å². The zero-order valence-electron chi connectivity index (χ0n) is 11.6. The van der Waals surface area contributed by atoms with Gasteiger partial charge in [0.15, 0.2) is 0 Å². The normalized spacial score (nSPS) is 14.1. The summed E-state index contributed by atoms with van der Waals surface area (Å²) in [6, 6.07) is 5.39. The fourth-order valence-electron chi connectivity index (χ4n) is 1.91. The number of aliphatic carboxylic acids is 1. The lowest BCUT2D eigenvalue weighted by Gasteiger charge is -2.38. The van der Waals surface area contributed by atoms with E-state index in [0.717, 1.165) is 0 Å². The molecule has 1 aliphatic heterocycles. The number of rotatable bonds is 6. The number of benzene rings is 1. The van der Waals surface area contributed by atoms with E-state index in [9.17, 15) is 19.7 Å². The van der Waals surface area contributed by atoms with Crippen molar-refractivity contribution in [1.82, 2.24) is 10.2 Å². The molecule has 9 heteroatoms. The largest absolute Gasteiger partial charge is 0.487 e. The summed E-state index contributed by atoms with van der Waals surface area (Å²) < 4.78 is 5.57. The third-order valence-corrected chi connectivity index (χ3v) is 3.10. The fourth-order valence-corrected chi connectivity index (χ4v) is 1.91. The van der Waals surface area contributed by atoms with Gasteiger partial charge in [0.1, 0.15) is 11.9 Å². The number of likely N-dealkylation sites (tertiary alicyclic amines) is 1. The van der Waals surface area contributed by atoms with E-state index in [2.05, 4.69) is 5.32 Å². The molecule has 22 heavy (non-hydrogen) atoms. The van der Waals surface area contributed by atoms with Gasteiger partial charge in [-0.25, -0.2) is 4.79 Å². The maximum Gasteiger partial charge on any atom is 0.317 e. The first-order valence-corrected chi connectivity index (χ1v) is 6.61. The second-order valence-corrected chi connectivity index (χ2v) is 4.77. The molecular weight excluding hydrogens is 294 g/mol. The molecule has 9 nitrogen and oxygen atoms in total. The van der Waals surface area contributed by atoms with Gasteiger partial charge in [0.05, 0.1) is 24.4 Å². The summed E-state index contributed by atoms with van der Waals surface area (Å²) in [7, 11) is 0. The molecule has 1 fully saturated rings. The van der Waals surface area contributed by atoms with E-state index in [4.69, 9.17) is 9.84 Å². The van der Waals surface area contributed by atoms with Crippen molar-refractivity contribution in [3.63, 3.8) is 0 Å². The van der Waals surface area contributed by atoms with E-state index in [1.807, 2.05) is 0 Å². The van der Waals surface area contributed by atoms with Crippen molar-refractivity contribution in [3.8, 4) is 5.75 Å². The molecule has 2 amide bonds. The molecule has 0 atom stereocenters. The highest BCUT2D eigenvalue weighted by Gasteiger charge is 2.32. The highest BCUT2D eigenvalue weighted by atomic mass is 16.6. The minimum absolute atomic E-state index is 0.0135. The van der Waals surface area contributed by atoms with Crippen molar-refractivity contribution < 1.29 is 24.4 Å². The predicted octanol–water partition coefficient (Wildman–Crippen LogP) is 0.842. The minimum Gasteiger partial charge on any atom is -0.487 e. The van der Waals surface area contributed by atoms with Crippen LogP contribution in [-0.2, 0) is 4.79 Å². The molecule has 0 aromatic heterocycles. The van der Waals surface area contributed by atoms with Crippen molar-refractivity contribution in [2.45, 2.75) is 12.5 Å². The Bertz CT molecular complexity index is 568. The molecule has 0 spiro atoms. The van der Waals surface area contributed by atoms with E-state index >= 15 is 0 Å². The molecule has 0 bridgehead atoms. The number of urea groups is 1. The third kappa shape index (κ3) is 4.08. The number of carbonyl (C=O) groups is 2. The van der Waals surface area contributed by atoms with Crippen LogP contribution in [0.25, 0.3) is 0 Å². The number of carbonyl (C=O) groups excluding carboxylic acids is 1. The molecule has 1 saturated heterocycles. The van der Waals surface area contributed by atoms with Gasteiger partial charge in [0.2, 0.25) is 0 Å². The average Bonchev–Trinajstić information content (AvgIpc) is 2.42. The molecule has 1 aliphatic rings. The number of carboxylic acids is 1. The van der Waals surface area contributed by atoms with Gasteiger partial charge in [-0.05, 0) is 12.1 Å². The van der Waals surface area contributed by atoms with E-state index in [1.165, 1.54) is 29.2 Å². The Balaban J connectivity index is 1.71. The molecule has 1 heterocycles. The summed E-state index contributed by atoms with van der Waals surface area (Å²) in [4.78, 5) is 33.5. The van der Waals surface area contributed by atoms with Gasteiger partial charge in [-0.3, -0.25) is 14.9 Å². The molecule has 118 valence electrons. The zero-order valence-corrected chi connectivity index (χ0v) is 11.6. The maximum atomic E-state index is 11.6. The number of hydrogen-bond acceptors (Lipinski definition) is 5. The molecule has 1 aromatic rings. The van der Waals surface area contributed by atoms with Crippen LogP contribution in [0, 0.1) is 10.1 Å². The van der Waals surface area contributed by atoms with Crippen molar-refractivity contribution >= 4 is 17.7 Å². The van der Waals surface area contributed by atoms with Crippen LogP contribution in [0.1, 0.15) is 6.42 Å². The van der Waals surface area contributed by atoms with Crippen LogP contribution < -0.4 is 10.1 Å². The van der Waals surface area contributed by atoms with Crippen molar-refractivity contribution in [2.75, 3.05) is 19.6 Å². The summed E-state index contributed by atoms with van der Waals surface area (Å²) in [5.74, 6) is -0.468. The second-order valence-electron chi connectivity index (χ2n) is 4.77. The van der Waals surface area contributed by atoms with E-state index < -0.39 is 10.9 Å². The van der Waals surface area contributed by atoms with E-state index in [0.29, 0.717) is 18.8 Å². The predicted molar refractivity (Wildman–Crippen MR) is 74.7 cm³/mol. The lowest BCUT2D eigenvalue weighted by atomic mass is 10.2. The number of nitrogens with zero attached hydrogens (tertiary/aromatic N) is 2. The zero-order chi connectivity index (χ0) is 16.1. The Kier molecular flexibility index (Phi) is 4.77. The monoisotopic (exact) mass is 309 g/mol. The Morgan fingerprint density at radius 1 is 1.36 bits per heavy atom. The highest BCUT2D eigenvalue weighted by Crippen LogP contribution is 2.21. The Morgan fingerprint density at radius 3 is 2.55 bits per heavy atom. The Morgan fingerprint density at radius 2 is 2.00 bits per heavy atom. The molecular formula is C13H15N3O6. The van der Waals surface area contributed by atoms with Gasteiger partial charge in [0.25, 0.3) is 5.69 Å². The van der Waals surface area contributed by atoms with Crippen LogP contribution in [0.5, 0.6) is 5.75 Å². The summed E-state index contributed by atoms with van der Waals surface area (Å²) in [5, 5.41) is 21.5. The van der Waals surface area contributed by atoms with Gasteiger partial charge in [0, 0.05) is 18.7 Å². The summed E-state index contributed by atoms with van der Waals surface area (Å²) in [6.07, 6.45) is -0.297. The molecule has 2 rings (SSSR count). The lowest BCUT2D eigenvalue weighted by Crippen LogP contribution is -2.59. The second kappa shape index (κ2) is 6.74. The van der Waals surface area contributed by atoms with Crippen molar-refractivity contribution in [2.24, 2.45) is 0 Å². The van der Waals surface area contributed by atoms with Crippen molar-refractivity contribution in [3.05, 3.63) is 34.4 Å². The number of amides is 2. The lowest BCUT2D eigenvalue weighted by molar-refractivity contribution is -0.384. The maximum absolute atomic E-state index is 11.6. The van der Waals surface area contributed by atoms with Crippen LogP contribution >= 0.6 is 0 Å². The number of carboxylic acid groups (broad SMARTS) is 1. The highest BCUT2D eigenvalue weighted by molar-refractivity contribution is 5.76. The molecule has 0 aliphatic carbocycles. The molecule has 2 N–H and O–H groups in total. The first kappa shape index (κ1) is 15.5. The molecule has 1 aromatic carbocycles. The van der Waals surface area contributed by atoms with E-state index in [-0.39, 0.29) is 30.8 Å². The average molecular weight is 309 g/mol. The summed E-state index contributed by atoms with van der Waals surface area (Å²) >= 11 is 0. The van der Waals surface area contributed by atoms with Crippen LogP contribution in [0.3, 0.4) is 0 Å². The topological polar surface area (TPSA) is 122 Å².